The largest absolute Gasteiger partial charge is 0.458 e. The van der Waals surface area contributed by atoms with Crippen molar-refractivity contribution in [3.8, 4) is 0 Å². The number of rotatable bonds is 8. The highest BCUT2D eigenvalue weighted by Gasteiger charge is 2.51. The normalized spacial score (nSPS) is 18.4. The van der Waals surface area contributed by atoms with E-state index in [1.165, 1.54) is 0 Å². The van der Waals surface area contributed by atoms with E-state index in [2.05, 4.69) is 20.6 Å². The van der Waals surface area contributed by atoms with Gasteiger partial charge in [-0.3, -0.25) is 4.79 Å². The number of hydrogen-bond donors (Lipinski definition) is 2. The third-order valence-corrected chi connectivity index (χ3v) is 5.73. The third kappa shape index (κ3) is 5.08. The molecule has 3 heterocycles. The molecule has 8 nitrogen and oxygen atoms in total. The number of carbonyl (C=O) groups is 2. The van der Waals surface area contributed by atoms with Crippen molar-refractivity contribution in [1.29, 1.82) is 0 Å². The number of carbonyl (C=O) groups excluding carboxylic acids is 2. The fourth-order valence-electron chi connectivity index (χ4n) is 4.19. The van der Waals surface area contributed by atoms with E-state index in [9.17, 15) is 9.59 Å². The summed E-state index contributed by atoms with van der Waals surface area (Å²) < 4.78 is 10.8. The molecule has 2 N–H and O–H groups in total. The molecule has 9 heteroatoms. The second-order valence-electron chi connectivity index (χ2n) is 8.43. The third-order valence-electron chi connectivity index (χ3n) is 5.73. The molecular weight excluding hydrogens is 444 g/mol. The van der Waals surface area contributed by atoms with Crippen LogP contribution in [0.25, 0.3) is 6.08 Å². The Hall–Kier alpha value is -2.81. The first-order valence-electron chi connectivity index (χ1n) is 10.8. The van der Waals surface area contributed by atoms with Crippen LogP contribution >= 0.6 is 12.4 Å². The van der Waals surface area contributed by atoms with Gasteiger partial charge in [-0.1, -0.05) is 12.2 Å². The van der Waals surface area contributed by atoms with Gasteiger partial charge in [0.2, 0.25) is 5.91 Å². The van der Waals surface area contributed by atoms with Gasteiger partial charge < -0.3 is 20.1 Å². The zero-order valence-corrected chi connectivity index (χ0v) is 19.8. The minimum absolute atomic E-state index is 0. The number of hydrogen-bond acceptors (Lipinski definition) is 7. The average Bonchev–Trinajstić information content (AvgIpc) is 3.27. The monoisotopic (exact) mass is 472 g/mol. The van der Waals surface area contributed by atoms with Crippen molar-refractivity contribution in [2.75, 3.05) is 32.1 Å². The lowest BCUT2D eigenvalue weighted by molar-refractivity contribution is -0.120. The van der Waals surface area contributed by atoms with E-state index in [0.717, 1.165) is 28.8 Å². The molecule has 4 rings (SSSR count). The fraction of sp³-hybridized carbons (Fsp3) is 0.417. The van der Waals surface area contributed by atoms with E-state index < -0.39 is 11.4 Å². The van der Waals surface area contributed by atoms with Crippen LogP contribution in [0.4, 0.5) is 5.82 Å². The Kier molecular flexibility index (Phi) is 7.84. The maximum absolute atomic E-state index is 13.1. The summed E-state index contributed by atoms with van der Waals surface area (Å²) in [4.78, 5) is 34.1. The van der Waals surface area contributed by atoms with Gasteiger partial charge in [-0.2, -0.15) is 0 Å². The van der Waals surface area contributed by atoms with Gasteiger partial charge in [-0.15, -0.1) is 12.4 Å². The average molecular weight is 473 g/mol. The highest BCUT2D eigenvalue weighted by Crippen LogP contribution is 2.46. The number of halogens is 1. The molecule has 1 aliphatic heterocycles. The highest BCUT2D eigenvalue weighted by molar-refractivity contribution is 6.06. The van der Waals surface area contributed by atoms with Crippen LogP contribution in [-0.2, 0) is 32.5 Å². The molecule has 0 saturated heterocycles. The first kappa shape index (κ1) is 24.8. The minimum Gasteiger partial charge on any atom is -0.458 e. The molecule has 1 atom stereocenters. The second-order valence-corrected chi connectivity index (χ2v) is 8.43. The maximum Gasteiger partial charge on any atom is 0.357 e. The Morgan fingerprint density at radius 2 is 2.03 bits per heavy atom. The topological polar surface area (TPSA) is 102 Å². The first-order chi connectivity index (χ1) is 15.4. The summed E-state index contributed by atoms with van der Waals surface area (Å²) in [5.74, 6) is 0.0720. The van der Waals surface area contributed by atoms with E-state index in [-0.39, 0.29) is 30.1 Å². The van der Waals surface area contributed by atoms with Crippen LogP contribution in [-0.4, -0.2) is 54.8 Å². The lowest BCUT2D eigenvalue weighted by Crippen LogP contribution is -2.35. The minimum atomic E-state index is -0.736. The Bertz CT molecular complexity index is 1070. The van der Waals surface area contributed by atoms with Gasteiger partial charge >= 0.3 is 5.97 Å². The predicted octanol–water partition coefficient (Wildman–Crippen LogP) is 2.70. The van der Waals surface area contributed by atoms with E-state index in [1.54, 1.807) is 32.3 Å². The number of amides is 1. The number of aromatic nitrogens is 2. The van der Waals surface area contributed by atoms with Crippen molar-refractivity contribution in [2.24, 2.45) is 0 Å². The molecule has 33 heavy (non-hydrogen) atoms. The number of nitrogens with zero attached hydrogens (tertiary/aromatic N) is 2. The smallest absolute Gasteiger partial charge is 0.357 e. The summed E-state index contributed by atoms with van der Waals surface area (Å²) >= 11 is 0. The molecular formula is C24H29ClN4O4. The maximum atomic E-state index is 13.1. The van der Waals surface area contributed by atoms with Crippen LogP contribution in [0.5, 0.6) is 0 Å². The Balaban J connectivity index is 0.00000306. The lowest BCUT2D eigenvalue weighted by atomic mass is 9.79. The quantitative estimate of drug-likeness (QED) is 0.449. The van der Waals surface area contributed by atoms with Crippen LogP contribution in [0.1, 0.15) is 46.6 Å². The Morgan fingerprint density at radius 3 is 2.79 bits per heavy atom. The number of anilines is 1. The molecule has 0 unspecified atom stereocenters. The molecule has 2 aliphatic rings. The molecule has 0 saturated carbocycles. The van der Waals surface area contributed by atoms with Crippen LogP contribution in [0, 0.1) is 0 Å². The number of fused-ring (bicyclic) bond motifs is 3. The predicted molar refractivity (Wildman–Crippen MR) is 128 cm³/mol. The van der Waals surface area contributed by atoms with E-state index in [0.29, 0.717) is 31.9 Å². The molecule has 2 aromatic rings. The van der Waals surface area contributed by atoms with Gasteiger partial charge in [0, 0.05) is 24.5 Å². The molecule has 1 spiro atoms. The van der Waals surface area contributed by atoms with Crippen LogP contribution in [0.2, 0.25) is 0 Å². The number of esters is 1. The molecule has 1 amide bonds. The summed E-state index contributed by atoms with van der Waals surface area (Å²) in [6.07, 6.45) is 8.12. The molecule has 2 aromatic heterocycles. The van der Waals surface area contributed by atoms with Gasteiger partial charge in [0.05, 0.1) is 24.7 Å². The molecule has 176 valence electrons. The van der Waals surface area contributed by atoms with Crippen LogP contribution in [0.15, 0.2) is 30.6 Å². The zero-order valence-electron chi connectivity index (χ0n) is 19.0. The first-order valence-corrected chi connectivity index (χ1v) is 10.8. The van der Waals surface area contributed by atoms with Crippen molar-refractivity contribution in [3.05, 3.63) is 58.6 Å². The zero-order chi connectivity index (χ0) is 22.7. The number of likely N-dealkylation sites (N-methyl/N-ethyl adjacent to an activating group) is 1. The van der Waals surface area contributed by atoms with Gasteiger partial charge in [-0.05, 0) is 62.6 Å². The molecule has 1 aliphatic carbocycles. The summed E-state index contributed by atoms with van der Waals surface area (Å²) in [5, 5.41) is 5.96. The van der Waals surface area contributed by atoms with Crippen molar-refractivity contribution in [2.45, 2.75) is 38.2 Å². The van der Waals surface area contributed by atoms with Gasteiger partial charge in [0.25, 0.3) is 0 Å². The molecule has 0 radical (unpaired) electrons. The molecule has 0 aromatic carbocycles. The highest BCUT2D eigenvalue weighted by atomic mass is 35.5. The Labute approximate surface area is 199 Å². The number of nitrogens with one attached hydrogen (secondary N) is 2. The molecule has 0 bridgehead atoms. The summed E-state index contributed by atoms with van der Waals surface area (Å²) in [7, 11) is 1.88. The lowest BCUT2D eigenvalue weighted by Gasteiger charge is -2.20. The van der Waals surface area contributed by atoms with Gasteiger partial charge in [-0.25, -0.2) is 14.8 Å². The summed E-state index contributed by atoms with van der Waals surface area (Å²) in [5.41, 5.74) is 3.22. The number of pyridine rings is 2. The van der Waals surface area contributed by atoms with E-state index in [1.807, 2.05) is 25.3 Å². The Morgan fingerprint density at radius 1 is 1.24 bits per heavy atom. The van der Waals surface area contributed by atoms with E-state index >= 15 is 0 Å². The van der Waals surface area contributed by atoms with Crippen molar-refractivity contribution >= 4 is 36.2 Å². The van der Waals surface area contributed by atoms with Crippen molar-refractivity contribution in [3.63, 3.8) is 0 Å². The van der Waals surface area contributed by atoms with Crippen molar-refractivity contribution < 1.29 is 19.1 Å². The SMILES string of the molecule is CNCCOC/C=C/c1cnc2c(c1)[C@@]1(Cc3cnc(C(=O)OC(C)C)cc3C1)C(=O)N2.Cl. The van der Waals surface area contributed by atoms with Crippen LogP contribution < -0.4 is 10.6 Å². The summed E-state index contributed by atoms with van der Waals surface area (Å²) in [6, 6.07) is 3.76. The van der Waals surface area contributed by atoms with Gasteiger partial charge in [0.15, 0.2) is 0 Å². The van der Waals surface area contributed by atoms with Crippen molar-refractivity contribution in [1.82, 2.24) is 15.3 Å². The van der Waals surface area contributed by atoms with Gasteiger partial charge in [0.1, 0.15) is 11.5 Å². The fourth-order valence-corrected chi connectivity index (χ4v) is 4.19. The standard InChI is InChI=1S/C24H28N4O4.ClH/c1-15(2)32-22(29)20-10-17-11-24(12-18(17)14-26-20)19-9-16(5-4-7-31-8-6-25-3)13-27-21(19)28-23(24)30;/h4-5,9-10,13-15,25H,6-8,11-12H2,1-3H3,(H,27,28,30);1H/b5-4+;/t24-;/m1./s1. The summed E-state index contributed by atoms with van der Waals surface area (Å²) in [6.45, 7) is 5.55. The van der Waals surface area contributed by atoms with E-state index in [4.69, 9.17) is 9.47 Å². The van der Waals surface area contributed by atoms with Crippen LogP contribution in [0.3, 0.4) is 0 Å². The molecule has 0 fully saturated rings. The number of ether oxygens (including phenoxy) is 2. The second kappa shape index (κ2) is 10.4.